The van der Waals surface area contributed by atoms with Crippen molar-refractivity contribution < 1.29 is 56.4 Å². The number of hydrogen-bond donors (Lipinski definition) is 3. The third-order valence-corrected chi connectivity index (χ3v) is 6.49. The van der Waals surface area contributed by atoms with Crippen LogP contribution in [-0.2, 0) is 20.4 Å². The number of rotatable bonds is 9. The van der Waals surface area contributed by atoms with Crippen LogP contribution in [0.1, 0.15) is 29.8 Å². The van der Waals surface area contributed by atoms with E-state index in [2.05, 4.69) is 10.6 Å². The smallest absolute Gasteiger partial charge is 0.417 e. The van der Waals surface area contributed by atoms with Crippen LogP contribution in [0.4, 0.5) is 34.1 Å². The number of hydrogen-bond acceptors (Lipinski definition) is 8. The first kappa shape index (κ1) is 38.0. The lowest BCUT2D eigenvalue weighted by Gasteiger charge is -2.13. The van der Waals surface area contributed by atoms with E-state index in [9.17, 15) is 32.3 Å². The number of carboxylic acid groups (broad SMARTS) is 1. The van der Waals surface area contributed by atoms with Crippen molar-refractivity contribution in [2.45, 2.75) is 26.1 Å². The summed E-state index contributed by atoms with van der Waals surface area (Å²) in [6, 6.07) is 21.8. The van der Waals surface area contributed by atoms with Crippen molar-refractivity contribution in [3.63, 3.8) is 0 Å². The van der Waals surface area contributed by atoms with Gasteiger partial charge in [-0.25, -0.2) is 19.2 Å². The van der Waals surface area contributed by atoms with Crippen LogP contribution < -0.4 is 20.1 Å². The van der Waals surface area contributed by atoms with Gasteiger partial charge in [0.25, 0.3) is 0 Å². The predicted molar refractivity (Wildman–Crippen MR) is 174 cm³/mol. The second kappa shape index (κ2) is 17.6. The molecule has 11 nitrogen and oxygen atoms in total. The summed E-state index contributed by atoms with van der Waals surface area (Å²) >= 11 is 11.7. The Balaban J connectivity index is 0.000000271. The predicted octanol–water partition coefficient (Wildman–Crippen LogP) is 9.30. The number of esters is 1. The Morgan fingerprint density at radius 1 is 0.796 bits per heavy atom. The molecule has 0 aliphatic rings. The maximum Gasteiger partial charge on any atom is 0.417 e. The lowest BCUT2D eigenvalue weighted by molar-refractivity contribution is -0.146. The van der Waals surface area contributed by atoms with Crippen LogP contribution in [0.15, 0.2) is 91.0 Å². The fourth-order valence-corrected chi connectivity index (χ4v) is 3.99. The van der Waals surface area contributed by atoms with Gasteiger partial charge in [-0.2, -0.15) is 13.2 Å². The molecular weight excluding hydrogens is 696 g/mol. The van der Waals surface area contributed by atoms with E-state index < -0.39 is 42.0 Å². The third-order valence-electron chi connectivity index (χ3n) is 5.86. The average molecular weight is 723 g/mol. The number of para-hydroxylation sites is 1. The Bertz CT molecular complexity index is 1790. The van der Waals surface area contributed by atoms with Gasteiger partial charge in [0.1, 0.15) is 17.2 Å². The topological polar surface area (TPSA) is 149 Å². The van der Waals surface area contributed by atoms with Crippen LogP contribution >= 0.6 is 23.2 Å². The van der Waals surface area contributed by atoms with Gasteiger partial charge in [-0.1, -0.05) is 47.5 Å². The number of anilines is 2. The summed E-state index contributed by atoms with van der Waals surface area (Å²) in [5, 5.41) is 13.6. The molecule has 0 saturated carbocycles. The number of carbonyl (C=O) groups excluding carboxylic acids is 3. The molecule has 16 heteroatoms. The fourth-order valence-electron chi connectivity index (χ4n) is 3.58. The largest absolute Gasteiger partial charge is 0.479 e. The van der Waals surface area contributed by atoms with E-state index in [1.165, 1.54) is 18.2 Å². The summed E-state index contributed by atoms with van der Waals surface area (Å²) < 4.78 is 58.1. The molecule has 0 radical (unpaired) electrons. The Morgan fingerprint density at radius 2 is 1.47 bits per heavy atom. The summed E-state index contributed by atoms with van der Waals surface area (Å²) in [5.74, 6) is -2.08. The van der Waals surface area contributed by atoms with E-state index in [0.29, 0.717) is 23.2 Å². The Morgan fingerprint density at radius 3 is 2.10 bits per heavy atom. The minimum absolute atomic E-state index is 0.0246. The minimum atomic E-state index is -4.56. The van der Waals surface area contributed by atoms with Gasteiger partial charge < -0.3 is 24.1 Å². The molecule has 0 aliphatic heterocycles. The van der Waals surface area contributed by atoms with Crippen molar-refractivity contribution in [2.24, 2.45) is 0 Å². The summed E-state index contributed by atoms with van der Waals surface area (Å²) in [7, 11) is 0. The SMILES string of the molecule is CCOC(=O)Nc1cccc(OC(=O)Nc2ccccc2)c1.C[C@H](OC(=O)c1cc(Oc2ccc(C(F)(F)F)cc2Cl)ccc1Cl)C(=O)O. The molecule has 49 heavy (non-hydrogen) atoms. The standard InChI is InChI=1S/C17H11Cl2F3O5.C16H16N2O4/c1-8(15(23)24)26-16(25)11-7-10(3-4-12(11)18)27-14-5-2-9(6-13(14)19)17(20,21)22;1-2-21-15(19)18-13-9-6-10-14(11-13)22-16(20)17-12-7-4-3-5-8-12/h2-8H,1H3,(H,23,24);3-11H,2H2,1H3,(H,17,20)(H,18,19)/t8-;/m0./s1. The van der Waals surface area contributed by atoms with Crippen LogP contribution in [0.25, 0.3) is 0 Å². The molecule has 258 valence electrons. The molecule has 0 unspecified atom stereocenters. The van der Waals surface area contributed by atoms with Gasteiger partial charge in [0.2, 0.25) is 0 Å². The zero-order chi connectivity index (χ0) is 36.1. The number of benzene rings is 4. The zero-order valence-corrected chi connectivity index (χ0v) is 27.1. The number of nitrogens with one attached hydrogen (secondary N) is 2. The lowest BCUT2D eigenvalue weighted by atomic mass is 10.2. The Kier molecular flexibility index (Phi) is 13.7. The molecule has 2 amide bonds. The Labute approximate surface area is 287 Å². The number of halogens is 5. The van der Waals surface area contributed by atoms with Gasteiger partial charge in [-0.05, 0) is 74.5 Å². The number of carbonyl (C=O) groups is 4. The second-order valence-electron chi connectivity index (χ2n) is 9.53. The highest BCUT2D eigenvalue weighted by Crippen LogP contribution is 2.37. The number of ether oxygens (including phenoxy) is 4. The maximum absolute atomic E-state index is 12.7. The summed E-state index contributed by atoms with van der Waals surface area (Å²) in [4.78, 5) is 45.9. The van der Waals surface area contributed by atoms with Gasteiger partial charge in [0.05, 0.1) is 27.8 Å². The molecule has 4 rings (SSSR count). The molecule has 0 bridgehead atoms. The first-order valence-corrected chi connectivity index (χ1v) is 14.8. The molecule has 0 fully saturated rings. The van der Waals surface area contributed by atoms with Crippen molar-refractivity contribution in [2.75, 3.05) is 17.2 Å². The van der Waals surface area contributed by atoms with Crippen molar-refractivity contribution in [3.8, 4) is 17.2 Å². The van der Waals surface area contributed by atoms with Crippen LogP contribution in [0, 0.1) is 0 Å². The monoisotopic (exact) mass is 722 g/mol. The van der Waals surface area contributed by atoms with E-state index in [1.54, 1.807) is 49.4 Å². The number of carboxylic acids is 1. The van der Waals surface area contributed by atoms with E-state index in [-0.39, 0.29) is 33.7 Å². The van der Waals surface area contributed by atoms with Crippen LogP contribution in [0.3, 0.4) is 0 Å². The highest BCUT2D eigenvalue weighted by atomic mass is 35.5. The molecule has 4 aromatic rings. The van der Waals surface area contributed by atoms with Crippen molar-refractivity contribution in [1.29, 1.82) is 0 Å². The fraction of sp³-hybridized carbons (Fsp3) is 0.152. The van der Waals surface area contributed by atoms with E-state index in [0.717, 1.165) is 25.1 Å². The first-order chi connectivity index (χ1) is 23.2. The molecular formula is C33H27Cl2F3N2O9. The van der Waals surface area contributed by atoms with Crippen LogP contribution in [-0.4, -0.2) is 41.9 Å². The molecule has 3 N–H and O–H groups in total. The van der Waals surface area contributed by atoms with Gasteiger partial charge >= 0.3 is 30.3 Å². The van der Waals surface area contributed by atoms with E-state index >= 15 is 0 Å². The molecule has 0 aromatic heterocycles. The van der Waals surface area contributed by atoms with Crippen molar-refractivity contribution in [1.82, 2.24) is 0 Å². The van der Waals surface area contributed by atoms with Crippen LogP contribution in [0.2, 0.25) is 10.0 Å². The van der Waals surface area contributed by atoms with Crippen molar-refractivity contribution >= 4 is 58.7 Å². The number of aliphatic carboxylic acids is 1. The molecule has 4 aromatic carbocycles. The third kappa shape index (κ3) is 12.2. The second-order valence-corrected chi connectivity index (χ2v) is 10.3. The normalized spacial score (nSPS) is 11.2. The molecule has 0 heterocycles. The summed E-state index contributed by atoms with van der Waals surface area (Å²) in [6.07, 6.45) is -7.13. The molecule has 0 saturated heterocycles. The minimum Gasteiger partial charge on any atom is -0.479 e. The van der Waals surface area contributed by atoms with Gasteiger partial charge in [-0.3, -0.25) is 10.6 Å². The highest BCUT2D eigenvalue weighted by Gasteiger charge is 2.31. The zero-order valence-electron chi connectivity index (χ0n) is 25.5. The summed E-state index contributed by atoms with van der Waals surface area (Å²) in [6.45, 7) is 3.16. The van der Waals surface area contributed by atoms with E-state index in [1.807, 2.05) is 6.07 Å². The maximum atomic E-state index is 12.7. The van der Waals surface area contributed by atoms with Gasteiger partial charge in [-0.15, -0.1) is 0 Å². The first-order valence-electron chi connectivity index (χ1n) is 14.0. The van der Waals surface area contributed by atoms with E-state index in [4.69, 9.17) is 47.3 Å². The van der Waals surface area contributed by atoms with Gasteiger partial charge in [0.15, 0.2) is 6.10 Å². The molecule has 0 aliphatic carbocycles. The molecule has 0 spiro atoms. The number of amides is 2. The number of alkyl halides is 3. The lowest BCUT2D eigenvalue weighted by Crippen LogP contribution is -2.23. The Hall–Kier alpha value is -5.47. The van der Waals surface area contributed by atoms with Gasteiger partial charge in [0, 0.05) is 17.4 Å². The highest BCUT2D eigenvalue weighted by molar-refractivity contribution is 6.33. The quantitative estimate of drug-likeness (QED) is 0.144. The molecule has 1 atom stereocenters. The van der Waals surface area contributed by atoms with Crippen molar-refractivity contribution in [3.05, 3.63) is 112 Å². The summed E-state index contributed by atoms with van der Waals surface area (Å²) in [5.41, 5.74) is -0.00931. The van der Waals surface area contributed by atoms with Crippen LogP contribution in [0.5, 0.6) is 17.2 Å². The average Bonchev–Trinajstić information content (AvgIpc) is 3.03.